The SMILES string of the molecule is CC(=O)[O-].OC[C@H]1O[C@@H](O)[C@H](O)[C@@H](O)[C@@H]1O.[K+]. The average molecular weight is 278 g/mol. The Morgan fingerprint density at radius 2 is 1.59 bits per heavy atom. The minimum atomic E-state index is -1.57. The minimum Gasteiger partial charge on any atom is -0.550 e. The van der Waals surface area contributed by atoms with Gasteiger partial charge in [-0.25, -0.2) is 0 Å². The summed E-state index contributed by atoms with van der Waals surface area (Å²) >= 11 is 0. The Kier molecular flexibility index (Phi) is 11.6. The average Bonchev–Trinajstić information content (AvgIpc) is 2.19. The molecule has 0 aromatic heterocycles. The van der Waals surface area contributed by atoms with Gasteiger partial charge in [0.25, 0.3) is 0 Å². The van der Waals surface area contributed by atoms with Gasteiger partial charge >= 0.3 is 51.4 Å². The Labute approximate surface area is 140 Å². The molecule has 0 amide bonds. The van der Waals surface area contributed by atoms with Crippen LogP contribution in [-0.2, 0) is 9.53 Å². The molecule has 5 N–H and O–H groups in total. The number of hydrogen-bond acceptors (Lipinski definition) is 8. The van der Waals surface area contributed by atoms with Crippen LogP contribution in [0.4, 0.5) is 0 Å². The Morgan fingerprint density at radius 1 is 1.18 bits per heavy atom. The van der Waals surface area contributed by atoms with Crippen LogP contribution in [0, 0.1) is 0 Å². The first-order valence-corrected chi connectivity index (χ1v) is 4.47. The second kappa shape index (κ2) is 9.75. The van der Waals surface area contributed by atoms with Crippen molar-refractivity contribution < 1.29 is 91.6 Å². The van der Waals surface area contributed by atoms with E-state index in [2.05, 4.69) is 4.74 Å². The van der Waals surface area contributed by atoms with E-state index in [1.54, 1.807) is 0 Å². The largest absolute Gasteiger partial charge is 1.00 e. The van der Waals surface area contributed by atoms with E-state index in [4.69, 9.17) is 35.4 Å². The summed E-state index contributed by atoms with van der Waals surface area (Å²) in [7, 11) is 0. The first-order chi connectivity index (χ1) is 7.31. The third-order valence-electron chi connectivity index (χ3n) is 1.87. The van der Waals surface area contributed by atoms with Gasteiger partial charge in [0.15, 0.2) is 6.29 Å². The predicted octanol–water partition coefficient (Wildman–Crippen LogP) is -7.46. The van der Waals surface area contributed by atoms with E-state index in [1.165, 1.54) is 0 Å². The molecule has 0 saturated carbocycles. The van der Waals surface area contributed by atoms with Gasteiger partial charge in [-0.2, -0.15) is 0 Å². The molecule has 1 fully saturated rings. The zero-order valence-electron chi connectivity index (χ0n) is 9.55. The maximum absolute atomic E-state index is 9.12. The number of carboxylic acid groups (broad SMARTS) is 1. The van der Waals surface area contributed by atoms with Crippen LogP contribution in [0.25, 0.3) is 0 Å². The summed E-state index contributed by atoms with van der Waals surface area (Å²) in [6.45, 7) is 0.446. The summed E-state index contributed by atoms with van der Waals surface area (Å²) < 4.78 is 4.58. The number of hydrogen-bond donors (Lipinski definition) is 5. The van der Waals surface area contributed by atoms with Crippen molar-refractivity contribution in [2.45, 2.75) is 37.6 Å². The number of aliphatic carboxylic acids is 1. The van der Waals surface area contributed by atoms with E-state index in [0.29, 0.717) is 0 Å². The molecule has 1 aliphatic heterocycles. The molecule has 0 aromatic carbocycles. The van der Waals surface area contributed by atoms with E-state index in [0.717, 1.165) is 6.92 Å². The molecule has 96 valence electrons. The number of rotatable bonds is 1. The normalized spacial score (nSPS) is 36.2. The smallest absolute Gasteiger partial charge is 0.550 e. The van der Waals surface area contributed by atoms with Crippen molar-refractivity contribution in [3.63, 3.8) is 0 Å². The third-order valence-corrected chi connectivity index (χ3v) is 1.87. The second-order valence-electron chi connectivity index (χ2n) is 3.21. The van der Waals surface area contributed by atoms with Crippen LogP contribution in [0.15, 0.2) is 0 Å². The quantitative estimate of drug-likeness (QED) is 0.297. The molecule has 0 radical (unpaired) electrons. The van der Waals surface area contributed by atoms with E-state index in [-0.39, 0.29) is 51.4 Å². The van der Waals surface area contributed by atoms with Crippen molar-refractivity contribution >= 4 is 5.97 Å². The second-order valence-corrected chi connectivity index (χ2v) is 3.21. The summed E-state index contributed by atoms with van der Waals surface area (Å²) in [4.78, 5) is 8.89. The molecular weight excluding hydrogens is 263 g/mol. The Balaban J connectivity index is 0. The Morgan fingerprint density at radius 3 is 1.94 bits per heavy atom. The summed E-state index contributed by atoms with van der Waals surface area (Å²) in [6, 6.07) is 0. The van der Waals surface area contributed by atoms with Crippen molar-refractivity contribution in [2.75, 3.05) is 6.61 Å². The fraction of sp³-hybridized carbons (Fsp3) is 0.875. The predicted molar refractivity (Wildman–Crippen MR) is 46.7 cm³/mol. The van der Waals surface area contributed by atoms with E-state index in [9.17, 15) is 0 Å². The Bertz CT molecular complexity index is 217. The monoisotopic (exact) mass is 278 g/mol. The zero-order chi connectivity index (χ0) is 12.9. The molecule has 0 bridgehead atoms. The van der Waals surface area contributed by atoms with Crippen molar-refractivity contribution in [3.8, 4) is 0 Å². The van der Waals surface area contributed by atoms with Crippen molar-refractivity contribution in [1.29, 1.82) is 0 Å². The van der Waals surface area contributed by atoms with Crippen LogP contribution in [0.1, 0.15) is 6.92 Å². The van der Waals surface area contributed by atoms with Gasteiger partial charge in [0.2, 0.25) is 0 Å². The molecule has 0 spiro atoms. The third kappa shape index (κ3) is 7.13. The first kappa shape index (κ1) is 20.2. The topological polar surface area (TPSA) is 151 Å². The van der Waals surface area contributed by atoms with Gasteiger partial charge in [-0.15, -0.1) is 0 Å². The van der Waals surface area contributed by atoms with Gasteiger partial charge in [0, 0.05) is 5.97 Å². The fourth-order valence-electron chi connectivity index (χ4n) is 1.08. The van der Waals surface area contributed by atoms with E-state index < -0.39 is 43.3 Å². The van der Waals surface area contributed by atoms with Crippen LogP contribution >= 0.6 is 0 Å². The van der Waals surface area contributed by atoms with E-state index >= 15 is 0 Å². The molecule has 1 heterocycles. The minimum absolute atomic E-state index is 0. The maximum atomic E-state index is 9.12. The molecule has 1 aliphatic rings. The van der Waals surface area contributed by atoms with E-state index in [1.807, 2.05) is 0 Å². The number of aliphatic hydroxyl groups excluding tert-OH is 5. The molecule has 0 aromatic rings. The Hall–Kier alpha value is 0.866. The van der Waals surface area contributed by atoms with Gasteiger partial charge in [0.1, 0.15) is 24.4 Å². The molecule has 0 unspecified atom stereocenters. The molecule has 8 nitrogen and oxygen atoms in total. The summed E-state index contributed by atoms with van der Waals surface area (Å²) in [5.74, 6) is -1.08. The van der Waals surface area contributed by atoms with Gasteiger partial charge in [-0.05, 0) is 6.92 Å². The molecular formula is C8H15KO8. The van der Waals surface area contributed by atoms with Gasteiger partial charge in [-0.3, -0.25) is 0 Å². The number of aliphatic hydroxyl groups is 5. The molecule has 17 heavy (non-hydrogen) atoms. The summed E-state index contributed by atoms with van der Waals surface area (Å²) in [5.41, 5.74) is 0. The van der Waals surface area contributed by atoms with Gasteiger partial charge < -0.3 is 40.2 Å². The van der Waals surface area contributed by atoms with Gasteiger partial charge in [0.05, 0.1) is 6.61 Å². The zero-order valence-corrected chi connectivity index (χ0v) is 12.7. The summed E-state index contributed by atoms with van der Waals surface area (Å²) in [6.07, 6.45) is -7.04. The molecule has 9 heteroatoms. The van der Waals surface area contributed by atoms with Crippen LogP contribution in [0.5, 0.6) is 0 Å². The van der Waals surface area contributed by atoms with Crippen molar-refractivity contribution in [1.82, 2.24) is 0 Å². The van der Waals surface area contributed by atoms with Crippen molar-refractivity contribution in [3.05, 3.63) is 0 Å². The van der Waals surface area contributed by atoms with Gasteiger partial charge in [-0.1, -0.05) is 0 Å². The van der Waals surface area contributed by atoms with Crippen LogP contribution in [-0.4, -0.2) is 68.8 Å². The van der Waals surface area contributed by atoms with Crippen LogP contribution in [0.3, 0.4) is 0 Å². The number of carbonyl (C=O) groups excluding carboxylic acids is 1. The van der Waals surface area contributed by atoms with Crippen LogP contribution in [0.2, 0.25) is 0 Å². The molecule has 0 aliphatic carbocycles. The maximum Gasteiger partial charge on any atom is 1.00 e. The molecule has 5 atom stereocenters. The first-order valence-electron chi connectivity index (χ1n) is 4.47. The summed E-state index contributed by atoms with van der Waals surface area (Å²) in [5, 5.41) is 53.5. The molecule has 1 rings (SSSR count). The fourth-order valence-corrected chi connectivity index (χ4v) is 1.08. The number of carbonyl (C=O) groups is 1. The number of ether oxygens (including phenoxy) is 1. The van der Waals surface area contributed by atoms with Crippen LogP contribution < -0.4 is 56.5 Å². The molecule has 1 saturated heterocycles. The standard InChI is InChI=1S/C6H12O6.C2H4O2.K/c7-1-2-3(8)4(9)5(10)6(11)12-2;1-2(3)4;/h2-11H,1H2;1H3,(H,3,4);/q;;+1/p-1/t2-,3-,4+,5-,6-;;/m1../s1. The number of carboxylic acids is 1. The van der Waals surface area contributed by atoms with Crippen molar-refractivity contribution in [2.24, 2.45) is 0 Å².